The number of carbonyl (C=O) groups is 1. The van der Waals surface area contributed by atoms with Crippen molar-refractivity contribution in [2.75, 3.05) is 38.2 Å². The molecule has 0 aromatic carbocycles. The van der Waals surface area contributed by atoms with Gasteiger partial charge in [-0.25, -0.2) is 9.78 Å². The lowest BCUT2D eigenvalue weighted by Crippen LogP contribution is -2.37. The summed E-state index contributed by atoms with van der Waals surface area (Å²) in [6.07, 6.45) is 0. The fourth-order valence-corrected chi connectivity index (χ4v) is 1.19. The highest BCUT2D eigenvalue weighted by molar-refractivity contribution is 5.73. The first-order valence-corrected chi connectivity index (χ1v) is 5.43. The van der Waals surface area contributed by atoms with E-state index in [0.717, 1.165) is 11.5 Å². The van der Waals surface area contributed by atoms with Crippen LogP contribution in [0.5, 0.6) is 0 Å². The molecule has 0 unspecified atom stereocenters. The maximum atomic E-state index is 11.2. The van der Waals surface area contributed by atoms with Gasteiger partial charge in [-0.1, -0.05) is 0 Å². The number of anilines is 2. The van der Waals surface area contributed by atoms with Gasteiger partial charge in [0.25, 0.3) is 0 Å². The number of nitrogen functional groups attached to an aromatic ring is 1. The third-order valence-corrected chi connectivity index (χ3v) is 2.24. The molecule has 1 aromatic rings. The predicted octanol–water partition coefficient (Wildman–Crippen LogP) is 0.655. The zero-order valence-corrected chi connectivity index (χ0v) is 10.4. The number of nitrogens with one attached hydrogen (secondary N) is 2. The highest BCUT2D eigenvalue weighted by Gasteiger charge is 2.01. The minimum absolute atomic E-state index is 0.103. The van der Waals surface area contributed by atoms with Crippen molar-refractivity contribution in [1.82, 2.24) is 15.2 Å². The van der Waals surface area contributed by atoms with Gasteiger partial charge in [-0.2, -0.15) is 0 Å². The molecule has 1 heterocycles. The van der Waals surface area contributed by atoms with E-state index in [4.69, 9.17) is 5.73 Å². The third kappa shape index (κ3) is 4.18. The Morgan fingerprint density at radius 2 is 2.12 bits per heavy atom. The first-order chi connectivity index (χ1) is 8.00. The molecule has 4 N–H and O–H groups in total. The van der Waals surface area contributed by atoms with Crippen LogP contribution in [-0.2, 0) is 0 Å². The van der Waals surface area contributed by atoms with Gasteiger partial charge in [0.1, 0.15) is 5.82 Å². The summed E-state index contributed by atoms with van der Waals surface area (Å²) in [5, 5.41) is 5.86. The van der Waals surface area contributed by atoms with Gasteiger partial charge in [-0.3, -0.25) is 0 Å². The van der Waals surface area contributed by atoms with E-state index in [1.807, 2.05) is 19.1 Å². The van der Waals surface area contributed by atoms with Crippen LogP contribution in [0.2, 0.25) is 0 Å². The lowest BCUT2D eigenvalue weighted by molar-refractivity contribution is 0.218. The molecule has 0 saturated heterocycles. The monoisotopic (exact) mass is 237 g/mol. The quantitative estimate of drug-likeness (QED) is 0.672. The van der Waals surface area contributed by atoms with Crippen molar-refractivity contribution in [2.24, 2.45) is 0 Å². The number of nitrogens with zero attached hydrogens (tertiary/aromatic N) is 2. The molecule has 2 amide bonds. The smallest absolute Gasteiger partial charge is 0.316 e. The van der Waals surface area contributed by atoms with Crippen molar-refractivity contribution >= 4 is 17.5 Å². The fourth-order valence-electron chi connectivity index (χ4n) is 1.19. The third-order valence-electron chi connectivity index (χ3n) is 2.24. The largest absolute Gasteiger partial charge is 0.397 e. The molecular formula is C11H19N5O. The van der Waals surface area contributed by atoms with Gasteiger partial charge < -0.3 is 21.3 Å². The molecule has 0 saturated carbocycles. The van der Waals surface area contributed by atoms with E-state index in [1.165, 1.54) is 4.90 Å². The Hall–Kier alpha value is -1.98. The van der Waals surface area contributed by atoms with Crippen LogP contribution >= 0.6 is 0 Å². The van der Waals surface area contributed by atoms with E-state index in [2.05, 4.69) is 15.6 Å². The molecule has 6 nitrogen and oxygen atoms in total. The van der Waals surface area contributed by atoms with E-state index in [0.29, 0.717) is 18.8 Å². The van der Waals surface area contributed by atoms with E-state index in [9.17, 15) is 4.79 Å². The molecule has 0 atom stereocenters. The molecule has 0 bridgehead atoms. The summed E-state index contributed by atoms with van der Waals surface area (Å²) in [7, 11) is 3.40. The van der Waals surface area contributed by atoms with Gasteiger partial charge in [-0.15, -0.1) is 0 Å². The van der Waals surface area contributed by atoms with Crippen molar-refractivity contribution in [1.29, 1.82) is 0 Å². The van der Waals surface area contributed by atoms with Crippen LogP contribution in [-0.4, -0.2) is 43.1 Å². The average molecular weight is 237 g/mol. The first kappa shape index (κ1) is 13.1. The van der Waals surface area contributed by atoms with Gasteiger partial charge >= 0.3 is 6.03 Å². The van der Waals surface area contributed by atoms with Crippen LogP contribution in [0.1, 0.15) is 5.69 Å². The molecule has 0 radical (unpaired) electrons. The van der Waals surface area contributed by atoms with E-state index >= 15 is 0 Å². The zero-order valence-electron chi connectivity index (χ0n) is 10.4. The molecule has 1 rings (SSSR count). The standard InChI is InChI=1S/C11H19N5O/c1-8-9(12)4-5-10(15-8)13-6-7-14-11(17)16(2)3/h4-5H,6-7,12H2,1-3H3,(H,13,15)(H,14,17). The van der Waals surface area contributed by atoms with Gasteiger partial charge in [0.2, 0.25) is 0 Å². The minimum Gasteiger partial charge on any atom is -0.397 e. The number of hydrogen-bond acceptors (Lipinski definition) is 4. The summed E-state index contributed by atoms with van der Waals surface area (Å²) in [5.41, 5.74) is 7.14. The highest BCUT2D eigenvalue weighted by atomic mass is 16.2. The molecule has 94 valence electrons. The summed E-state index contributed by atoms with van der Waals surface area (Å²) in [4.78, 5) is 17.0. The Morgan fingerprint density at radius 3 is 2.71 bits per heavy atom. The van der Waals surface area contributed by atoms with Gasteiger partial charge in [0.05, 0.1) is 11.4 Å². The van der Waals surface area contributed by atoms with Crippen molar-refractivity contribution in [2.45, 2.75) is 6.92 Å². The van der Waals surface area contributed by atoms with E-state index < -0.39 is 0 Å². The second-order valence-electron chi connectivity index (χ2n) is 3.92. The SMILES string of the molecule is Cc1nc(NCCNC(=O)N(C)C)ccc1N. The van der Waals surface area contributed by atoms with Crippen molar-refractivity contribution < 1.29 is 4.79 Å². The molecule has 17 heavy (non-hydrogen) atoms. The van der Waals surface area contributed by atoms with Gasteiger partial charge in [-0.05, 0) is 19.1 Å². The topological polar surface area (TPSA) is 83.3 Å². The Bertz CT molecular complexity index is 391. The number of hydrogen-bond donors (Lipinski definition) is 3. The lowest BCUT2D eigenvalue weighted by Gasteiger charge is -2.12. The summed E-state index contributed by atoms with van der Waals surface area (Å²) in [6.45, 7) is 3.02. The van der Waals surface area contributed by atoms with Gasteiger partial charge in [0, 0.05) is 27.2 Å². The number of rotatable bonds is 4. The molecule has 0 aliphatic heterocycles. The molecule has 0 aliphatic carbocycles. The fraction of sp³-hybridized carbons (Fsp3) is 0.455. The maximum absolute atomic E-state index is 11.2. The normalized spacial score (nSPS) is 9.82. The maximum Gasteiger partial charge on any atom is 0.316 e. The van der Waals surface area contributed by atoms with Crippen molar-refractivity contribution in [3.05, 3.63) is 17.8 Å². The van der Waals surface area contributed by atoms with Crippen LogP contribution in [0.15, 0.2) is 12.1 Å². The molecular weight excluding hydrogens is 218 g/mol. The van der Waals surface area contributed by atoms with Gasteiger partial charge in [0.15, 0.2) is 0 Å². The molecule has 0 fully saturated rings. The second-order valence-corrected chi connectivity index (χ2v) is 3.92. The van der Waals surface area contributed by atoms with Crippen LogP contribution in [0.25, 0.3) is 0 Å². The number of amides is 2. The van der Waals surface area contributed by atoms with Crippen LogP contribution in [0, 0.1) is 6.92 Å². The summed E-state index contributed by atoms with van der Waals surface area (Å²) >= 11 is 0. The minimum atomic E-state index is -0.103. The Balaban J connectivity index is 2.31. The number of pyridine rings is 1. The van der Waals surface area contributed by atoms with E-state index in [1.54, 1.807) is 14.1 Å². The first-order valence-electron chi connectivity index (χ1n) is 5.43. The van der Waals surface area contributed by atoms with E-state index in [-0.39, 0.29) is 6.03 Å². The average Bonchev–Trinajstić information content (AvgIpc) is 2.28. The number of carbonyl (C=O) groups excluding carboxylic acids is 1. The van der Waals surface area contributed by atoms with Crippen molar-refractivity contribution in [3.8, 4) is 0 Å². The lowest BCUT2D eigenvalue weighted by atomic mass is 10.3. The Kier molecular flexibility index (Phi) is 4.56. The molecule has 0 aliphatic rings. The number of urea groups is 1. The van der Waals surface area contributed by atoms with Crippen LogP contribution in [0.3, 0.4) is 0 Å². The second kappa shape index (κ2) is 5.93. The van der Waals surface area contributed by atoms with Crippen LogP contribution < -0.4 is 16.4 Å². The molecule has 1 aromatic heterocycles. The number of nitrogens with two attached hydrogens (primary N) is 1. The Labute approximate surface area is 101 Å². The summed E-state index contributed by atoms with van der Waals surface area (Å²) < 4.78 is 0. The van der Waals surface area contributed by atoms with Crippen LogP contribution in [0.4, 0.5) is 16.3 Å². The predicted molar refractivity (Wildman–Crippen MR) is 69.0 cm³/mol. The highest BCUT2D eigenvalue weighted by Crippen LogP contribution is 2.10. The molecule has 6 heteroatoms. The number of aryl methyl sites for hydroxylation is 1. The van der Waals surface area contributed by atoms with Crippen molar-refractivity contribution in [3.63, 3.8) is 0 Å². The summed E-state index contributed by atoms with van der Waals surface area (Å²) in [6, 6.07) is 3.52. The Morgan fingerprint density at radius 1 is 1.41 bits per heavy atom. The number of aromatic nitrogens is 1. The molecule has 0 spiro atoms. The zero-order chi connectivity index (χ0) is 12.8. The summed E-state index contributed by atoms with van der Waals surface area (Å²) in [5.74, 6) is 0.760.